The minimum Gasteiger partial charge on any atom is -0.389 e. The second-order valence-electron chi connectivity index (χ2n) is 6.66. The topological polar surface area (TPSA) is 64.4 Å². The summed E-state index contributed by atoms with van der Waals surface area (Å²) in [4.78, 5) is 18.0. The van der Waals surface area contributed by atoms with Crippen LogP contribution in [0.25, 0.3) is 21.3 Å². The SMILES string of the molecule is O=c1c2c(-c3ccccc3)csc2ncn1CC(O)COCc1ccccc1F. The molecule has 0 bridgehead atoms. The first kappa shape index (κ1) is 19.4. The first-order valence-corrected chi connectivity index (χ1v) is 10.0. The van der Waals surface area contributed by atoms with Gasteiger partial charge in [-0.15, -0.1) is 11.3 Å². The lowest BCUT2D eigenvalue weighted by atomic mass is 10.1. The summed E-state index contributed by atoms with van der Waals surface area (Å²) >= 11 is 1.42. The molecule has 29 heavy (non-hydrogen) atoms. The molecule has 4 rings (SSSR count). The zero-order valence-corrected chi connectivity index (χ0v) is 16.3. The average molecular weight is 410 g/mol. The molecule has 2 aromatic heterocycles. The number of nitrogens with zero attached hydrogens (tertiary/aromatic N) is 2. The van der Waals surface area contributed by atoms with Crippen molar-refractivity contribution in [1.82, 2.24) is 9.55 Å². The van der Waals surface area contributed by atoms with Crippen LogP contribution >= 0.6 is 11.3 Å². The monoisotopic (exact) mass is 410 g/mol. The molecule has 2 aromatic carbocycles. The fourth-order valence-corrected chi connectivity index (χ4v) is 4.03. The zero-order valence-electron chi connectivity index (χ0n) is 15.5. The normalized spacial score (nSPS) is 12.3. The third kappa shape index (κ3) is 4.27. The Bertz CT molecular complexity index is 1170. The van der Waals surface area contributed by atoms with Crippen molar-refractivity contribution >= 4 is 21.6 Å². The molecule has 0 fully saturated rings. The standard InChI is InChI=1S/C22H19FN2O3S/c23-19-9-5-4-8-16(19)11-28-12-17(26)10-25-14-24-21-20(22(25)27)18(13-29-21)15-6-2-1-3-7-15/h1-9,13-14,17,26H,10-12H2. The van der Waals surface area contributed by atoms with Gasteiger partial charge in [0.15, 0.2) is 0 Å². The smallest absolute Gasteiger partial charge is 0.262 e. The van der Waals surface area contributed by atoms with Crippen LogP contribution in [0, 0.1) is 5.82 Å². The third-order valence-corrected chi connectivity index (χ3v) is 5.46. The lowest BCUT2D eigenvalue weighted by Crippen LogP contribution is -2.29. The van der Waals surface area contributed by atoms with Gasteiger partial charge in [-0.25, -0.2) is 9.37 Å². The van der Waals surface area contributed by atoms with Crippen LogP contribution < -0.4 is 5.56 Å². The number of aliphatic hydroxyl groups excluding tert-OH is 1. The predicted octanol–water partition coefficient (Wildman–Crippen LogP) is 3.84. The molecule has 1 unspecified atom stereocenters. The highest BCUT2D eigenvalue weighted by Crippen LogP contribution is 2.30. The molecule has 0 amide bonds. The summed E-state index contributed by atoms with van der Waals surface area (Å²) in [5.41, 5.74) is 2.00. The zero-order chi connectivity index (χ0) is 20.2. The Morgan fingerprint density at radius 2 is 1.90 bits per heavy atom. The predicted molar refractivity (Wildman–Crippen MR) is 111 cm³/mol. The second kappa shape index (κ2) is 8.65. The Kier molecular flexibility index (Phi) is 5.80. The van der Waals surface area contributed by atoms with Crippen LogP contribution in [0.1, 0.15) is 5.56 Å². The fraction of sp³-hybridized carbons (Fsp3) is 0.182. The molecule has 5 nitrogen and oxygen atoms in total. The highest BCUT2D eigenvalue weighted by atomic mass is 32.1. The summed E-state index contributed by atoms with van der Waals surface area (Å²) in [5, 5.41) is 12.7. The second-order valence-corrected chi connectivity index (χ2v) is 7.52. The summed E-state index contributed by atoms with van der Waals surface area (Å²) in [6, 6.07) is 16.0. The molecule has 0 aliphatic rings. The van der Waals surface area contributed by atoms with E-state index in [2.05, 4.69) is 4.98 Å². The van der Waals surface area contributed by atoms with E-state index in [-0.39, 0.29) is 31.1 Å². The lowest BCUT2D eigenvalue weighted by molar-refractivity contribution is 0.0189. The van der Waals surface area contributed by atoms with E-state index in [4.69, 9.17) is 4.74 Å². The number of benzene rings is 2. The number of ether oxygens (including phenoxy) is 1. The molecule has 0 spiro atoms. The Labute approximate surface area is 170 Å². The number of halogens is 1. The van der Waals surface area contributed by atoms with E-state index in [9.17, 15) is 14.3 Å². The van der Waals surface area contributed by atoms with Gasteiger partial charge < -0.3 is 9.84 Å². The van der Waals surface area contributed by atoms with Crippen molar-refractivity contribution in [2.24, 2.45) is 0 Å². The van der Waals surface area contributed by atoms with Crippen molar-refractivity contribution in [3.8, 4) is 11.1 Å². The number of rotatable bonds is 7. The molecule has 0 aliphatic heterocycles. The van der Waals surface area contributed by atoms with Gasteiger partial charge in [0, 0.05) is 16.5 Å². The number of fused-ring (bicyclic) bond motifs is 1. The Balaban J connectivity index is 1.49. The van der Waals surface area contributed by atoms with Crippen LogP contribution in [0.3, 0.4) is 0 Å². The van der Waals surface area contributed by atoms with E-state index in [1.54, 1.807) is 18.2 Å². The molecule has 0 saturated heterocycles. The largest absolute Gasteiger partial charge is 0.389 e. The Hall–Kier alpha value is -2.87. The van der Waals surface area contributed by atoms with E-state index in [0.29, 0.717) is 15.8 Å². The molecule has 7 heteroatoms. The van der Waals surface area contributed by atoms with Crippen LogP contribution in [-0.2, 0) is 17.9 Å². The van der Waals surface area contributed by atoms with Gasteiger partial charge in [-0.3, -0.25) is 9.36 Å². The average Bonchev–Trinajstić information content (AvgIpc) is 3.17. The number of thiophene rings is 1. The summed E-state index contributed by atoms with van der Waals surface area (Å²) in [6.45, 7) is 0.0791. The van der Waals surface area contributed by atoms with Gasteiger partial charge >= 0.3 is 0 Å². The van der Waals surface area contributed by atoms with Crippen molar-refractivity contribution in [1.29, 1.82) is 0 Å². The number of hydrogen-bond donors (Lipinski definition) is 1. The first-order valence-electron chi connectivity index (χ1n) is 9.15. The van der Waals surface area contributed by atoms with Gasteiger partial charge in [-0.05, 0) is 11.6 Å². The third-order valence-electron chi connectivity index (χ3n) is 4.58. The van der Waals surface area contributed by atoms with Crippen molar-refractivity contribution in [2.45, 2.75) is 19.3 Å². The van der Waals surface area contributed by atoms with Crippen LogP contribution in [-0.4, -0.2) is 27.4 Å². The molecule has 148 valence electrons. The van der Waals surface area contributed by atoms with Gasteiger partial charge in [0.2, 0.25) is 0 Å². The van der Waals surface area contributed by atoms with Gasteiger partial charge in [0.05, 0.1) is 37.6 Å². The van der Waals surface area contributed by atoms with Crippen LogP contribution in [0.5, 0.6) is 0 Å². The van der Waals surface area contributed by atoms with Gasteiger partial charge in [0.25, 0.3) is 5.56 Å². The minimum atomic E-state index is -0.919. The van der Waals surface area contributed by atoms with Crippen LogP contribution in [0.4, 0.5) is 4.39 Å². The van der Waals surface area contributed by atoms with Gasteiger partial charge in [0.1, 0.15) is 10.6 Å². The van der Waals surface area contributed by atoms with E-state index in [0.717, 1.165) is 11.1 Å². The fourth-order valence-electron chi connectivity index (χ4n) is 3.13. The maximum Gasteiger partial charge on any atom is 0.262 e. The van der Waals surface area contributed by atoms with Crippen molar-refractivity contribution in [3.05, 3.63) is 88.0 Å². The summed E-state index contributed by atoms with van der Waals surface area (Å²) in [7, 11) is 0. The molecule has 0 aliphatic carbocycles. The molecule has 1 N–H and O–H groups in total. The highest BCUT2D eigenvalue weighted by molar-refractivity contribution is 7.17. The molecule has 0 saturated carbocycles. The highest BCUT2D eigenvalue weighted by Gasteiger charge is 2.15. The van der Waals surface area contributed by atoms with Crippen molar-refractivity contribution in [3.63, 3.8) is 0 Å². The van der Waals surface area contributed by atoms with E-state index in [1.807, 2.05) is 35.7 Å². The molecule has 4 aromatic rings. The Morgan fingerprint density at radius 3 is 2.69 bits per heavy atom. The Morgan fingerprint density at radius 1 is 1.14 bits per heavy atom. The van der Waals surface area contributed by atoms with Crippen LogP contribution in [0.2, 0.25) is 0 Å². The molecule has 2 heterocycles. The van der Waals surface area contributed by atoms with Crippen molar-refractivity contribution < 1.29 is 14.2 Å². The molecular formula is C22H19FN2O3S. The summed E-state index contributed by atoms with van der Waals surface area (Å²) < 4.78 is 20.4. The number of aliphatic hydroxyl groups is 1. The van der Waals surface area contributed by atoms with E-state index < -0.39 is 6.10 Å². The minimum absolute atomic E-state index is 0.0199. The molecular weight excluding hydrogens is 391 g/mol. The van der Waals surface area contributed by atoms with Crippen LogP contribution in [0.15, 0.2) is 71.1 Å². The first-order chi connectivity index (χ1) is 14.1. The van der Waals surface area contributed by atoms with E-state index in [1.165, 1.54) is 28.3 Å². The number of aromatic nitrogens is 2. The summed E-state index contributed by atoms with van der Waals surface area (Å²) in [5.74, 6) is -0.348. The van der Waals surface area contributed by atoms with Crippen molar-refractivity contribution in [2.75, 3.05) is 6.61 Å². The van der Waals surface area contributed by atoms with Gasteiger partial charge in [-0.2, -0.15) is 0 Å². The molecule has 1 atom stereocenters. The summed E-state index contributed by atoms with van der Waals surface area (Å²) in [6.07, 6.45) is 0.522. The maximum absolute atomic E-state index is 13.6. The quantitative estimate of drug-likeness (QED) is 0.503. The number of hydrogen-bond acceptors (Lipinski definition) is 5. The maximum atomic E-state index is 13.6. The van der Waals surface area contributed by atoms with E-state index >= 15 is 0 Å². The molecule has 0 radical (unpaired) electrons. The lowest BCUT2D eigenvalue weighted by Gasteiger charge is -2.13. The van der Waals surface area contributed by atoms with Gasteiger partial charge in [-0.1, -0.05) is 48.5 Å².